The van der Waals surface area contributed by atoms with E-state index in [1.165, 1.54) is 0 Å². The van der Waals surface area contributed by atoms with Crippen LogP contribution in [0.2, 0.25) is 0 Å². The van der Waals surface area contributed by atoms with Crippen LogP contribution in [-0.2, 0) is 13.0 Å². The number of hydrogen-bond donors (Lipinski definition) is 0. The molecule has 0 spiro atoms. The summed E-state index contributed by atoms with van der Waals surface area (Å²) in [5.41, 5.74) is 1.10. The van der Waals surface area contributed by atoms with E-state index in [1.807, 2.05) is 42.6 Å². The van der Waals surface area contributed by atoms with E-state index in [0.29, 0.717) is 0 Å². The van der Waals surface area contributed by atoms with E-state index in [-0.39, 0.29) is 6.10 Å². The number of aromatic nitrogens is 2. The second-order valence-corrected chi connectivity index (χ2v) is 5.39. The number of ether oxygens (including phenoxy) is 1. The lowest BCUT2D eigenvalue weighted by Gasteiger charge is -2.16. The van der Waals surface area contributed by atoms with Gasteiger partial charge < -0.3 is 4.74 Å². The Kier molecular flexibility index (Phi) is 4.46. The highest BCUT2D eigenvalue weighted by Gasteiger charge is 2.24. The minimum Gasteiger partial charge on any atom is -0.489 e. The highest BCUT2D eigenvalue weighted by Crippen LogP contribution is 2.19. The van der Waals surface area contributed by atoms with Crippen molar-refractivity contribution >= 4 is 0 Å². The SMILES string of the molecule is CCc1nccc(CN2CC[C@@H](Oc3ccccc3)C2)n1. The summed E-state index contributed by atoms with van der Waals surface area (Å²) in [7, 11) is 0. The molecule has 2 heterocycles. The summed E-state index contributed by atoms with van der Waals surface area (Å²) in [4.78, 5) is 11.2. The van der Waals surface area contributed by atoms with Crippen LogP contribution in [0, 0.1) is 0 Å². The molecular formula is C17H21N3O. The molecule has 0 radical (unpaired) electrons. The van der Waals surface area contributed by atoms with Crippen molar-refractivity contribution < 1.29 is 4.74 Å². The Labute approximate surface area is 125 Å². The third-order valence-corrected chi connectivity index (χ3v) is 3.74. The summed E-state index contributed by atoms with van der Waals surface area (Å²) in [6.45, 7) is 4.98. The Bertz CT molecular complexity index is 573. The van der Waals surface area contributed by atoms with Crippen LogP contribution in [0.1, 0.15) is 24.9 Å². The lowest BCUT2D eigenvalue weighted by molar-refractivity contribution is 0.198. The zero-order chi connectivity index (χ0) is 14.5. The van der Waals surface area contributed by atoms with Gasteiger partial charge in [0.05, 0.1) is 5.69 Å². The fourth-order valence-electron chi connectivity index (χ4n) is 2.66. The number of rotatable bonds is 5. The van der Waals surface area contributed by atoms with Gasteiger partial charge in [-0.05, 0) is 24.6 Å². The molecule has 1 saturated heterocycles. The standard InChI is InChI=1S/C17H21N3O/c1-2-17-18-10-8-14(19-17)12-20-11-9-16(13-20)21-15-6-4-3-5-7-15/h3-8,10,16H,2,9,11-13H2,1H3/t16-/m1/s1. The van der Waals surface area contributed by atoms with Gasteiger partial charge in [-0.15, -0.1) is 0 Å². The van der Waals surface area contributed by atoms with Crippen molar-refractivity contribution in [3.63, 3.8) is 0 Å². The maximum atomic E-state index is 6.01. The summed E-state index contributed by atoms with van der Waals surface area (Å²) in [6.07, 6.45) is 4.09. The smallest absolute Gasteiger partial charge is 0.128 e. The van der Waals surface area contributed by atoms with Crippen molar-refractivity contribution in [3.8, 4) is 5.75 Å². The average molecular weight is 283 g/mol. The second-order valence-electron chi connectivity index (χ2n) is 5.39. The van der Waals surface area contributed by atoms with E-state index in [9.17, 15) is 0 Å². The summed E-state index contributed by atoms with van der Waals surface area (Å²) >= 11 is 0. The van der Waals surface area contributed by atoms with Crippen LogP contribution in [0.3, 0.4) is 0 Å². The molecule has 21 heavy (non-hydrogen) atoms. The summed E-state index contributed by atoms with van der Waals surface area (Å²) in [5, 5.41) is 0. The van der Waals surface area contributed by atoms with Crippen LogP contribution >= 0.6 is 0 Å². The Morgan fingerprint density at radius 3 is 2.90 bits per heavy atom. The first-order valence-corrected chi connectivity index (χ1v) is 7.58. The van der Waals surface area contributed by atoms with Crippen molar-refractivity contribution in [1.29, 1.82) is 0 Å². The van der Waals surface area contributed by atoms with E-state index >= 15 is 0 Å². The quantitative estimate of drug-likeness (QED) is 0.845. The molecule has 0 amide bonds. The normalized spacial score (nSPS) is 18.8. The van der Waals surface area contributed by atoms with Gasteiger partial charge in [0.25, 0.3) is 0 Å². The first-order valence-electron chi connectivity index (χ1n) is 7.58. The van der Waals surface area contributed by atoms with E-state index in [4.69, 9.17) is 4.74 Å². The molecule has 2 aromatic rings. The topological polar surface area (TPSA) is 38.2 Å². The number of aryl methyl sites for hydroxylation is 1. The molecule has 0 saturated carbocycles. The summed E-state index contributed by atoms with van der Waals surface area (Å²) in [6, 6.07) is 12.1. The minimum atomic E-state index is 0.278. The Morgan fingerprint density at radius 1 is 1.24 bits per heavy atom. The van der Waals surface area contributed by atoms with Gasteiger partial charge >= 0.3 is 0 Å². The highest BCUT2D eigenvalue weighted by atomic mass is 16.5. The summed E-state index contributed by atoms with van der Waals surface area (Å²) in [5.74, 6) is 1.88. The lowest BCUT2D eigenvalue weighted by atomic mass is 10.3. The third kappa shape index (κ3) is 3.79. The van der Waals surface area contributed by atoms with Gasteiger partial charge in [-0.2, -0.15) is 0 Å². The fraction of sp³-hybridized carbons (Fsp3) is 0.412. The molecule has 110 valence electrons. The first kappa shape index (κ1) is 14.0. The van der Waals surface area contributed by atoms with Crippen molar-refractivity contribution in [2.24, 2.45) is 0 Å². The van der Waals surface area contributed by atoms with Gasteiger partial charge in [0.2, 0.25) is 0 Å². The molecule has 1 fully saturated rings. The van der Waals surface area contributed by atoms with Gasteiger partial charge in [-0.1, -0.05) is 25.1 Å². The molecule has 1 aliphatic rings. The van der Waals surface area contributed by atoms with Crippen molar-refractivity contribution in [3.05, 3.63) is 54.1 Å². The first-order chi connectivity index (χ1) is 10.3. The Morgan fingerprint density at radius 2 is 2.10 bits per heavy atom. The number of likely N-dealkylation sites (tertiary alicyclic amines) is 1. The number of para-hydroxylation sites is 1. The van der Waals surface area contributed by atoms with Crippen LogP contribution in [-0.4, -0.2) is 34.1 Å². The number of hydrogen-bond acceptors (Lipinski definition) is 4. The molecule has 0 aliphatic carbocycles. The van der Waals surface area contributed by atoms with Gasteiger partial charge in [0.15, 0.2) is 0 Å². The van der Waals surface area contributed by atoms with Crippen LogP contribution in [0.4, 0.5) is 0 Å². The Balaban J connectivity index is 1.54. The van der Waals surface area contributed by atoms with E-state index in [0.717, 1.165) is 49.7 Å². The summed E-state index contributed by atoms with van der Waals surface area (Å²) < 4.78 is 6.01. The monoisotopic (exact) mass is 283 g/mol. The predicted molar refractivity (Wildman–Crippen MR) is 82.2 cm³/mol. The molecule has 0 bridgehead atoms. The van der Waals surface area contributed by atoms with Gasteiger partial charge in [0.1, 0.15) is 17.7 Å². The molecule has 1 atom stereocenters. The zero-order valence-corrected chi connectivity index (χ0v) is 12.4. The van der Waals surface area contributed by atoms with Gasteiger partial charge in [-0.3, -0.25) is 4.90 Å². The highest BCUT2D eigenvalue weighted by molar-refractivity contribution is 5.21. The van der Waals surface area contributed by atoms with Gasteiger partial charge in [0, 0.05) is 32.3 Å². The van der Waals surface area contributed by atoms with Crippen LogP contribution in [0.25, 0.3) is 0 Å². The van der Waals surface area contributed by atoms with Crippen LogP contribution in [0.15, 0.2) is 42.6 Å². The number of benzene rings is 1. The maximum absolute atomic E-state index is 6.01. The minimum absolute atomic E-state index is 0.278. The second kappa shape index (κ2) is 6.68. The fourth-order valence-corrected chi connectivity index (χ4v) is 2.66. The van der Waals surface area contributed by atoms with Crippen LogP contribution < -0.4 is 4.74 Å². The maximum Gasteiger partial charge on any atom is 0.128 e. The zero-order valence-electron chi connectivity index (χ0n) is 12.4. The molecular weight excluding hydrogens is 262 g/mol. The van der Waals surface area contributed by atoms with E-state index in [1.54, 1.807) is 0 Å². The molecule has 1 aromatic heterocycles. The molecule has 0 N–H and O–H groups in total. The third-order valence-electron chi connectivity index (χ3n) is 3.74. The number of nitrogens with zero attached hydrogens (tertiary/aromatic N) is 3. The van der Waals surface area contributed by atoms with Crippen molar-refractivity contribution in [2.75, 3.05) is 13.1 Å². The van der Waals surface area contributed by atoms with E-state index < -0.39 is 0 Å². The predicted octanol–water partition coefficient (Wildman–Crippen LogP) is 2.69. The van der Waals surface area contributed by atoms with Gasteiger partial charge in [-0.25, -0.2) is 9.97 Å². The van der Waals surface area contributed by atoms with Crippen molar-refractivity contribution in [1.82, 2.24) is 14.9 Å². The van der Waals surface area contributed by atoms with Crippen molar-refractivity contribution in [2.45, 2.75) is 32.4 Å². The average Bonchev–Trinajstić information content (AvgIpc) is 2.95. The molecule has 0 unspecified atom stereocenters. The molecule has 1 aromatic carbocycles. The molecule has 3 rings (SSSR count). The molecule has 4 nitrogen and oxygen atoms in total. The molecule has 4 heteroatoms. The largest absolute Gasteiger partial charge is 0.489 e. The van der Waals surface area contributed by atoms with E-state index in [2.05, 4.69) is 21.8 Å². The Hall–Kier alpha value is -1.94. The lowest BCUT2D eigenvalue weighted by Crippen LogP contribution is -2.25. The van der Waals surface area contributed by atoms with Crippen LogP contribution in [0.5, 0.6) is 5.75 Å². The molecule has 1 aliphatic heterocycles.